The van der Waals surface area contributed by atoms with Gasteiger partial charge < -0.3 is 15.2 Å². The van der Waals surface area contributed by atoms with Gasteiger partial charge in [0, 0.05) is 25.0 Å². The summed E-state index contributed by atoms with van der Waals surface area (Å²) in [5.74, 6) is 1.41. The normalized spacial score (nSPS) is 21.7. The summed E-state index contributed by atoms with van der Waals surface area (Å²) in [6, 6.07) is 0.578. The lowest BCUT2D eigenvalue weighted by atomic mass is 10.1. The molecule has 6 heteroatoms. The lowest BCUT2D eigenvalue weighted by molar-refractivity contribution is 0.194. The zero-order chi connectivity index (χ0) is 15.5. The van der Waals surface area contributed by atoms with E-state index < -0.39 is 0 Å². The number of aryl methyl sites for hydroxylation is 1. The van der Waals surface area contributed by atoms with Crippen LogP contribution in [0.5, 0.6) is 0 Å². The Morgan fingerprint density at radius 1 is 1.38 bits per heavy atom. The molecule has 1 aliphatic rings. The van der Waals surface area contributed by atoms with E-state index in [1.807, 2.05) is 6.92 Å². The van der Waals surface area contributed by atoms with E-state index in [4.69, 9.17) is 10.3 Å². The fourth-order valence-corrected chi connectivity index (χ4v) is 3.07. The van der Waals surface area contributed by atoms with Gasteiger partial charge in [-0.25, -0.2) is 0 Å². The van der Waals surface area contributed by atoms with Crippen molar-refractivity contribution in [1.82, 2.24) is 19.9 Å². The van der Waals surface area contributed by atoms with E-state index in [1.165, 1.54) is 19.3 Å². The van der Waals surface area contributed by atoms with Gasteiger partial charge in [-0.1, -0.05) is 5.16 Å². The van der Waals surface area contributed by atoms with Crippen LogP contribution in [0, 0.1) is 6.92 Å². The maximum Gasteiger partial charge on any atom is 0.223 e. The molecule has 0 bridgehead atoms. The van der Waals surface area contributed by atoms with Crippen LogP contribution in [0.15, 0.2) is 4.52 Å². The summed E-state index contributed by atoms with van der Waals surface area (Å²) in [7, 11) is 2.15. The van der Waals surface area contributed by atoms with Gasteiger partial charge in [0.25, 0.3) is 0 Å². The molecular weight excluding hydrogens is 266 g/mol. The summed E-state index contributed by atoms with van der Waals surface area (Å²) in [5.41, 5.74) is 6.02. The molecule has 0 amide bonds. The Morgan fingerprint density at radius 2 is 2.14 bits per heavy atom. The molecule has 1 unspecified atom stereocenters. The van der Waals surface area contributed by atoms with Crippen molar-refractivity contribution in [3.63, 3.8) is 0 Å². The van der Waals surface area contributed by atoms with E-state index in [1.54, 1.807) is 0 Å². The molecule has 0 aromatic carbocycles. The van der Waals surface area contributed by atoms with Gasteiger partial charge in [-0.2, -0.15) is 4.98 Å². The molecule has 0 radical (unpaired) electrons. The first-order valence-corrected chi connectivity index (χ1v) is 7.84. The highest BCUT2D eigenvalue weighted by Crippen LogP contribution is 2.18. The zero-order valence-corrected chi connectivity index (χ0v) is 13.8. The predicted molar refractivity (Wildman–Crippen MR) is 82.8 cm³/mol. The van der Waals surface area contributed by atoms with Crippen LogP contribution in [0.2, 0.25) is 0 Å². The molecule has 1 aliphatic heterocycles. The summed E-state index contributed by atoms with van der Waals surface area (Å²) in [4.78, 5) is 9.13. The molecule has 0 aliphatic carbocycles. The van der Waals surface area contributed by atoms with Gasteiger partial charge in [0.15, 0.2) is 5.82 Å². The number of nitrogens with zero attached hydrogens (tertiary/aromatic N) is 4. The van der Waals surface area contributed by atoms with Gasteiger partial charge in [0.2, 0.25) is 5.89 Å². The highest BCUT2D eigenvalue weighted by molar-refractivity contribution is 4.86. The average molecular weight is 295 g/mol. The van der Waals surface area contributed by atoms with Gasteiger partial charge in [-0.15, -0.1) is 0 Å². The van der Waals surface area contributed by atoms with Gasteiger partial charge >= 0.3 is 0 Å². The Labute approximate surface area is 127 Å². The molecule has 2 heterocycles. The topological polar surface area (TPSA) is 71.4 Å². The Kier molecular flexibility index (Phi) is 5.35. The largest absolute Gasteiger partial charge is 0.340 e. The minimum atomic E-state index is -0.117. The third-order valence-corrected chi connectivity index (χ3v) is 4.01. The molecule has 21 heavy (non-hydrogen) atoms. The molecule has 0 spiro atoms. The first-order valence-electron chi connectivity index (χ1n) is 7.84. The smallest absolute Gasteiger partial charge is 0.223 e. The molecule has 1 fully saturated rings. The van der Waals surface area contributed by atoms with Crippen molar-refractivity contribution in [2.24, 2.45) is 5.73 Å². The van der Waals surface area contributed by atoms with Crippen LogP contribution >= 0.6 is 0 Å². The maximum atomic E-state index is 6.14. The van der Waals surface area contributed by atoms with Crippen LogP contribution in [0.4, 0.5) is 0 Å². The number of rotatable bonds is 5. The van der Waals surface area contributed by atoms with Crippen molar-refractivity contribution < 1.29 is 4.52 Å². The van der Waals surface area contributed by atoms with Crippen LogP contribution in [0.1, 0.15) is 44.8 Å². The quantitative estimate of drug-likeness (QED) is 0.885. The second-order valence-electron chi connectivity index (χ2n) is 6.99. The summed E-state index contributed by atoms with van der Waals surface area (Å²) in [5, 5.41) is 3.98. The van der Waals surface area contributed by atoms with E-state index in [0.717, 1.165) is 32.0 Å². The lowest BCUT2D eigenvalue weighted by Gasteiger charge is -2.29. The molecule has 1 saturated heterocycles. The fraction of sp³-hybridized carbons (Fsp3) is 0.867. The first-order chi connectivity index (χ1) is 9.83. The van der Waals surface area contributed by atoms with E-state index in [-0.39, 0.29) is 5.54 Å². The van der Waals surface area contributed by atoms with Crippen molar-refractivity contribution in [3.05, 3.63) is 11.7 Å². The predicted octanol–water partition coefficient (Wildman–Crippen LogP) is 1.40. The third-order valence-electron chi connectivity index (χ3n) is 4.01. The molecule has 0 saturated carbocycles. The monoisotopic (exact) mass is 295 g/mol. The minimum Gasteiger partial charge on any atom is -0.340 e. The van der Waals surface area contributed by atoms with Crippen LogP contribution in [-0.4, -0.2) is 58.2 Å². The Balaban J connectivity index is 1.84. The summed E-state index contributed by atoms with van der Waals surface area (Å²) in [6.07, 6.45) is 3.61. The van der Waals surface area contributed by atoms with Gasteiger partial charge in [0.05, 0.1) is 6.54 Å². The van der Waals surface area contributed by atoms with Gasteiger partial charge in [-0.3, -0.25) is 4.90 Å². The lowest BCUT2D eigenvalue weighted by Crippen LogP contribution is -2.45. The molecule has 120 valence electrons. The fourth-order valence-electron chi connectivity index (χ4n) is 3.07. The van der Waals surface area contributed by atoms with Crippen LogP contribution in [0.25, 0.3) is 0 Å². The van der Waals surface area contributed by atoms with Crippen LogP contribution in [-0.2, 0) is 6.54 Å². The van der Waals surface area contributed by atoms with Gasteiger partial charge in [-0.05, 0) is 53.2 Å². The molecule has 6 nitrogen and oxygen atoms in total. The third kappa shape index (κ3) is 5.37. The van der Waals surface area contributed by atoms with Gasteiger partial charge in [0.1, 0.15) is 0 Å². The summed E-state index contributed by atoms with van der Waals surface area (Å²) < 4.78 is 5.04. The van der Waals surface area contributed by atoms with E-state index in [0.29, 0.717) is 11.9 Å². The number of likely N-dealkylation sites (tertiary alicyclic amines) is 1. The Morgan fingerprint density at radius 3 is 2.76 bits per heavy atom. The standard InChI is InChI=1S/C15H29N5O/c1-12-17-14(18-21-12)10-19(4)13-6-5-8-20(9-7-13)11-15(2,3)16/h13H,5-11,16H2,1-4H3. The number of aromatic nitrogens is 2. The number of hydrogen-bond donors (Lipinski definition) is 1. The highest BCUT2D eigenvalue weighted by Gasteiger charge is 2.24. The zero-order valence-electron chi connectivity index (χ0n) is 13.8. The van der Waals surface area contributed by atoms with Crippen molar-refractivity contribution in [2.75, 3.05) is 26.7 Å². The molecule has 1 aromatic rings. The number of hydrogen-bond acceptors (Lipinski definition) is 6. The molecule has 2 rings (SSSR count). The van der Waals surface area contributed by atoms with E-state index in [9.17, 15) is 0 Å². The first kappa shape index (κ1) is 16.4. The van der Waals surface area contributed by atoms with E-state index >= 15 is 0 Å². The Hall–Kier alpha value is -0.980. The second-order valence-corrected chi connectivity index (χ2v) is 6.99. The summed E-state index contributed by atoms with van der Waals surface area (Å²) in [6.45, 7) is 10.00. The van der Waals surface area contributed by atoms with E-state index in [2.05, 4.69) is 40.8 Å². The Bertz CT molecular complexity index is 440. The van der Waals surface area contributed by atoms with Crippen molar-refractivity contribution >= 4 is 0 Å². The highest BCUT2D eigenvalue weighted by atomic mass is 16.5. The molecular formula is C15H29N5O. The van der Waals surface area contributed by atoms with Crippen molar-refractivity contribution in [2.45, 2.75) is 58.2 Å². The summed E-state index contributed by atoms with van der Waals surface area (Å²) >= 11 is 0. The van der Waals surface area contributed by atoms with Crippen molar-refractivity contribution in [1.29, 1.82) is 0 Å². The molecule has 2 N–H and O–H groups in total. The average Bonchev–Trinajstić information content (AvgIpc) is 2.63. The van der Waals surface area contributed by atoms with Crippen molar-refractivity contribution in [3.8, 4) is 0 Å². The minimum absolute atomic E-state index is 0.117. The number of nitrogens with two attached hydrogens (primary N) is 1. The second kappa shape index (κ2) is 6.85. The maximum absolute atomic E-state index is 6.14. The molecule has 1 atom stereocenters. The molecule has 1 aromatic heterocycles. The van der Waals surface area contributed by atoms with Crippen LogP contribution < -0.4 is 5.73 Å². The van der Waals surface area contributed by atoms with Crippen LogP contribution in [0.3, 0.4) is 0 Å². The SMILES string of the molecule is Cc1nc(CN(C)C2CCCN(CC(C)(C)N)CC2)no1.